The monoisotopic (exact) mass is 344 g/mol. The van der Waals surface area contributed by atoms with Gasteiger partial charge in [-0.15, -0.1) is 0 Å². The topological polar surface area (TPSA) is 9.23 Å². The SMILES string of the molecule is CCC[C@H]1CC[C@H](c2ccc(OCC=CC(F)(F)F)c(F)c2)CC1. The third kappa shape index (κ3) is 5.84. The normalized spacial score (nSPS) is 22.0. The van der Waals surface area contributed by atoms with Gasteiger partial charge in [-0.3, -0.25) is 0 Å². The van der Waals surface area contributed by atoms with Crippen molar-refractivity contribution in [2.45, 2.75) is 57.5 Å². The molecule has 1 aromatic carbocycles. The fourth-order valence-electron chi connectivity index (χ4n) is 3.40. The summed E-state index contributed by atoms with van der Waals surface area (Å²) in [5, 5.41) is 0. The van der Waals surface area contributed by atoms with Gasteiger partial charge in [-0.25, -0.2) is 4.39 Å². The number of hydrogen-bond donors (Lipinski definition) is 0. The zero-order valence-corrected chi connectivity index (χ0v) is 13.9. The zero-order chi connectivity index (χ0) is 17.6. The highest BCUT2D eigenvalue weighted by Gasteiger charge is 2.23. The summed E-state index contributed by atoms with van der Waals surface area (Å²) in [5.41, 5.74) is 0.959. The average Bonchev–Trinajstić information content (AvgIpc) is 2.53. The van der Waals surface area contributed by atoms with Gasteiger partial charge in [-0.2, -0.15) is 13.2 Å². The van der Waals surface area contributed by atoms with Crippen molar-refractivity contribution in [3.63, 3.8) is 0 Å². The molecule has 0 unspecified atom stereocenters. The van der Waals surface area contributed by atoms with Gasteiger partial charge in [0.2, 0.25) is 0 Å². The fourth-order valence-corrected chi connectivity index (χ4v) is 3.40. The van der Waals surface area contributed by atoms with Crippen molar-refractivity contribution in [3.8, 4) is 5.75 Å². The lowest BCUT2D eigenvalue weighted by molar-refractivity contribution is -0.0801. The number of hydrogen-bond acceptors (Lipinski definition) is 1. The Kier molecular flexibility index (Phi) is 6.69. The molecular formula is C19H24F4O. The van der Waals surface area contributed by atoms with Crippen LogP contribution < -0.4 is 4.74 Å². The molecule has 0 radical (unpaired) electrons. The molecule has 1 aromatic rings. The summed E-state index contributed by atoms with van der Waals surface area (Å²) in [6.07, 6.45) is 3.52. The third-order valence-corrected chi connectivity index (χ3v) is 4.61. The Bertz CT molecular complexity index is 543. The maximum Gasteiger partial charge on any atom is 0.409 e. The summed E-state index contributed by atoms with van der Waals surface area (Å²) in [6, 6.07) is 4.81. The summed E-state index contributed by atoms with van der Waals surface area (Å²) >= 11 is 0. The molecule has 1 nitrogen and oxygen atoms in total. The Balaban J connectivity index is 1.89. The first-order chi connectivity index (χ1) is 11.4. The Morgan fingerprint density at radius 1 is 1.17 bits per heavy atom. The standard InChI is InChI=1S/C19H24F4O/c1-2-4-14-5-7-15(8-6-14)16-9-10-18(17(20)13-16)24-12-3-11-19(21,22)23/h3,9-11,13-15H,2,4-8,12H2,1H3/t14-,15-. The van der Waals surface area contributed by atoms with E-state index in [1.807, 2.05) is 6.07 Å². The highest BCUT2D eigenvalue weighted by Crippen LogP contribution is 2.38. The molecule has 0 spiro atoms. The van der Waals surface area contributed by atoms with Gasteiger partial charge in [0.25, 0.3) is 0 Å². The molecule has 1 saturated carbocycles. The van der Waals surface area contributed by atoms with Crippen LogP contribution in [-0.4, -0.2) is 12.8 Å². The summed E-state index contributed by atoms with van der Waals surface area (Å²) in [5.74, 6) is 0.639. The van der Waals surface area contributed by atoms with E-state index in [4.69, 9.17) is 4.74 Å². The van der Waals surface area contributed by atoms with Crippen LogP contribution in [0.2, 0.25) is 0 Å². The first-order valence-electron chi connectivity index (χ1n) is 8.55. The van der Waals surface area contributed by atoms with E-state index in [1.54, 1.807) is 0 Å². The number of ether oxygens (including phenoxy) is 1. The lowest BCUT2D eigenvalue weighted by atomic mass is 9.77. The van der Waals surface area contributed by atoms with E-state index in [0.29, 0.717) is 5.92 Å². The van der Waals surface area contributed by atoms with Crippen LogP contribution >= 0.6 is 0 Å². The van der Waals surface area contributed by atoms with Crippen molar-refractivity contribution >= 4 is 0 Å². The Morgan fingerprint density at radius 2 is 1.88 bits per heavy atom. The van der Waals surface area contributed by atoms with E-state index >= 15 is 0 Å². The van der Waals surface area contributed by atoms with E-state index < -0.39 is 12.0 Å². The van der Waals surface area contributed by atoms with Gasteiger partial charge in [0, 0.05) is 6.08 Å². The van der Waals surface area contributed by atoms with Crippen molar-refractivity contribution in [2.75, 3.05) is 6.61 Å². The molecule has 0 heterocycles. The van der Waals surface area contributed by atoms with Gasteiger partial charge in [-0.05, 0) is 61.3 Å². The Labute approximate surface area is 140 Å². The van der Waals surface area contributed by atoms with Crippen LogP contribution in [0.25, 0.3) is 0 Å². The van der Waals surface area contributed by atoms with Crippen LogP contribution in [0.3, 0.4) is 0 Å². The molecule has 0 atom stereocenters. The third-order valence-electron chi connectivity index (χ3n) is 4.61. The summed E-state index contributed by atoms with van der Waals surface area (Å²) in [4.78, 5) is 0. The Hall–Kier alpha value is -1.52. The van der Waals surface area contributed by atoms with Gasteiger partial charge < -0.3 is 4.74 Å². The summed E-state index contributed by atoms with van der Waals surface area (Å²) in [7, 11) is 0. The zero-order valence-electron chi connectivity index (χ0n) is 13.9. The average molecular weight is 344 g/mol. The second kappa shape index (κ2) is 8.54. The fraction of sp³-hybridized carbons (Fsp3) is 0.579. The molecule has 1 aliphatic carbocycles. The molecule has 1 aliphatic rings. The molecular weight excluding hydrogens is 320 g/mol. The smallest absolute Gasteiger partial charge is 0.409 e. The van der Waals surface area contributed by atoms with E-state index in [0.717, 1.165) is 30.4 Å². The molecule has 24 heavy (non-hydrogen) atoms. The lowest BCUT2D eigenvalue weighted by Crippen LogP contribution is -2.13. The van der Waals surface area contributed by atoms with Crippen molar-refractivity contribution in [1.82, 2.24) is 0 Å². The first kappa shape index (κ1) is 18.8. The number of benzene rings is 1. The second-order valence-corrected chi connectivity index (χ2v) is 6.45. The van der Waals surface area contributed by atoms with Crippen molar-refractivity contribution in [3.05, 3.63) is 41.7 Å². The van der Waals surface area contributed by atoms with Crippen LogP contribution in [0.1, 0.15) is 56.9 Å². The lowest BCUT2D eigenvalue weighted by Gasteiger charge is -2.28. The minimum Gasteiger partial charge on any atom is -0.486 e. The number of allylic oxidation sites excluding steroid dienone is 1. The summed E-state index contributed by atoms with van der Waals surface area (Å²) in [6.45, 7) is 1.89. The molecule has 2 rings (SSSR count). The van der Waals surface area contributed by atoms with Crippen molar-refractivity contribution < 1.29 is 22.3 Å². The highest BCUT2D eigenvalue weighted by molar-refractivity contribution is 5.31. The van der Waals surface area contributed by atoms with Gasteiger partial charge >= 0.3 is 6.18 Å². The van der Waals surface area contributed by atoms with Gasteiger partial charge in [-0.1, -0.05) is 25.8 Å². The number of rotatable bonds is 6. The van der Waals surface area contributed by atoms with Gasteiger partial charge in [0.05, 0.1) is 0 Å². The molecule has 134 valence electrons. The maximum absolute atomic E-state index is 14.1. The van der Waals surface area contributed by atoms with E-state index in [9.17, 15) is 17.6 Å². The number of alkyl halides is 3. The molecule has 0 aromatic heterocycles. The minimum atomic E-state index is -4.37. The number of halogens is 4. The quantitative estimate of drug-likeness (QED) is 0.429. The van der Waals surface area contributed by atoms with E-state index in [2.05, 4.69) is 6.92 Å². The molecule has 0 bridgehead atoms. The van der Waals surface area contributed by atoms with Crippen LogP contribution in [-0.2, 0) is 0 Å². The van der Waals surface area contributed by atoms with Crippen LogP contribution in [0.5, 0.6) is 5.75 Å². The molecule has 0 N–H and O–H groups in total. The van der Waals surface area contributed by atoms with E-state index in [-0.39, 0.29) is 18.4 Å². The van der Waals surface area contributed by atoms with Crippen molar-refractivity contribution in [1.29, 1.82) is 0 Å². The first-order valence-corrected chi connectivity index (χ1v) is 8.55. The molecule has 0 saturated heterocycles. The van der Waals surface area contributed by atoms with Crippen LogP contribution in [0.4, 0.5) is 17.6 Å². The largest absolute Gasteiger partial charge is 0.486 e. The summed E-state index contributed by atoms with van der Waals surface area (Å²) < 4.78 is 55.1. The molecule has 0 amide bonds. The predicted octanol–water partition coefficient (Wildman–Crippen LogP) is 6.40. The Morgan fingerprint density at radius 3 is 2.46 bits per heavy atom. The van der Waals surface area contributed by atoms with Crippen molar-refractivity contribution in [2.24, 2.45) is 5.92 Å². The predicted molar refractivity (Wildman–Crippen MR) is 86.7 cm³/mol. The molecule has 5 heteroatoms. The second-order valence-electron chi connectivity index (χ2n) is 6.45. The van der Waals surface area contributed by atoms with Gasteiger partial charge in [0.15, 0.2) is 11.6 Å². The molecule has 0 aliphatic heterocycles. The van der Waals surface area contributed by atoms with Crippen LogP contribution in [0.15, 0.2) is 30.4 Å². The van der Waals surface area contributed by atoms with Gasteiger partial charge in [0.1, 0.15) is 6.61 Å². The minimum absolute atomic E-state index is 0.00903. The van der Waals surface area contributed by atoms with E-state index in [1.165, 1.54) is 37.8 Å². The highest BCUT2D eigenvalue weighted by atomic mass is 19.4. The molecule has 1 fully saturated rings. The van der Waals surface area contributed by atoms with Crippen LogP contribution in [0, 0.1) is 11.7 Å². The maximum atomic E-state index is 14.1.